The Morgan fingerprint density at radius 2 is 1.24 bits per heavy atom. The number of rotatable bonds is 7. The van der Waals surface area contributed by atoms with Gasteiger partial charge in [0.05, 0.1) is 25.6 Å². The fourth-order valence-corrected chi connectivity index (χ4v) is 4.66. The van der Waals surface area contributed by atoms with Crippen molar-refractivity contribution < 1.29 is 9.47 Å². The van der Waals surface area contributed by atoms with Crippen molar-refractivity contribution >= 4 is 11.8 Å². The number of nitrogens with zero attached hydrogens (tertiary/aromatic N) is 1. The molecular formula is C29H24N2O2S. The van der Waals surface area contributed by atoms with E-state index in [1.54, 1.807) is 26.0 Å². The Labute approximate surface area is 203 Å². The molecule has 0 saturated carbocycles. The number of imidazole rings is 1. The number of H-pyrrole nitrogens is 1. The third kappa shape index (κ3) is 4.56. The highest BCUT2D eigenvalue weighted by Gasteiger charge is 2.16. The summed E-state index contributed by atoms with van der Waals surface area (Å²) in [4.78, 5) is 11.0. The maximum atomic E-state index is 5.50. The monoisotopic (exact) mass is 464 g/mol. The van der Waals surface area contributed by atoms with E-state index in [4.69, 9.17) is 14.5 Å². The van der Waals surface area contributed by atoms with E-state index in [1.165, 1.54) is 9.79 Å². The molecule has 0 spiro atoms. The summed E-state index contributed by atoms with van der Waals surface area (Å²) < 4.78 is 10.9. The quantitative estimate of drug-likeness (QED) is 0.270. The molecule has 5 rings (SSSR count). The zero-order valence-electron chi connectivity index (χ0n) is 19.0. The maximum Gasteiger partial charge on any atom is 0.161 e. The lowest BCUT2D eigenvalue weighted by molar-refractivity contribution is 0.355. The minimum absolute atomic E-state index is 0.668. The summed E-state index contributed by atoms with van der Waals surface area (Å²) in [7, 11) is 3.27. The molecule has 0 aliphatic heterocycles. The molecule has 0 saturated heterocycles. The topological polar surface area (TPSA) is 47.1 Å². The smallest absolute Gasteiger partial charge is 0.161 e. The van der Waals surface area contributed by atoms with Crippen molar-refractivity contribution in [2.75, 3.05) is 14.2 Å². The average molecular weight is 465 g/mol. The van der Waals surface area contributed by atoms with Crippen molar-refractivity contribution in [2.24, 2.45) is 0 Å². The third-order valence-electron chi connectivity index (χ3n) is 5.53. The van der Waals surface area contributed by atoms with Gasteiger partial charge in [-0.25, -0.2) is 4.98 Å². The molecule has 168 valence electrons. The number of nitrogens with one attached hydrogen (secondary N) is 1. The van der Waals surface area contributed by atoms with Gasteiger partial charge in [0.25, 0.3) is 0 Å². The normalized spacial score (nSPS) is 10.8. The molecule has 0 atom stereocenters. The number of benzene rings is 4. The van der Waals surface area contributed by atoms with Crippen LogP contribution in [0.5, 0.6) is 11.5 Å². The van der Waals surface area contributed by atoms with Crippen LogP contribution in [0, 0.1) is 0 Å². The Morgan fingerprint density at radius 3 is 1.91 bits per heavy atom. The van der Waals surface area contributed by atoms with Crippen molar-refractivity contribution in [3.8, 4) is 45.4 Å². The summed E-state index contributed by atoms with van der Waals surface area (Å²) in [6.07, 6.45) is 0. The Bertz CT molecular complexity index is 1380. The zero-order chi connectivity index (χ0) is 23.3. The fourth-order valence-electron chi connectivity index (χ4n) is 3.82. The van der Waals surface area contributed by atoms with Crippen LogP contribution in [0.2, 0.25) is 0 Å². The van der Waals surface area contributed by atoms with Gasteiger partial charge in [-0.15, -0.1) is 0 Å². The molecule has 0 unspecified atom stereocenters. The summed E-state index contributed by atoms with van der Waals surface area (Å²) in [5.74, 6) is 2.13. The molecule has 4 aromatic carbocycles. The van der Waals surface area contributed by atoms with Crippen molar-refractivity contribution in [3.05, 3.63) is 103 Å². The Balaban J connectivity index is 1.54. The summed E-state index contributed by atoms with van der Waals surface area (Å²) >= 11 is 1.75. The highest BCUT2D eigenvalue weighted by atomic mass is 32.2. The number of aromatic nitrogens is 2. The molecule has 0 amide bonds. The predicted octanol–water partition coefficient (Wildman–Crippen LogP) is 7.58. The van der Waals surface area contributed by atoms with Crippen LogP contribution in [0.1, 0.15) is 0 Å². The first-order chi connectivity index (χ1) is 16.7. The van der Waals surface area contributed by atoms with Crippen molar-refractivity contribution in [2.45, 2.75) is 9.79 Å². The molecule has 1 N–H and O–H groups in total. The van der Waals surface area contributed by atoms with Gasteiger partial charge in [0, 0.05) is 26.5 Å². The zero-order valence-corrected chi connectivity index (χ0v) is 19.8. The molecule has 1 heterocycles. The SMILES string of the molecule is COc1ccc(-c2nc(-c3ccccc3)c(-c3ccc(Sc4ccccc4)cc3)[nH]2)cc1OC. The lowest BCUT2D eigenvalue weighted by Gasteiger charge is -2.08. The molecule has 0 fully saturated rings. The lowest BCUT2D eigenvalue weighted by atomic mass is 10.1. The van der Waals surface area contributed by atoms with Gasteiger partial charge in [-0.2, -0.15) is 0 Å². The number of hydrogen-bond donors (Lipinski definition) is 1. The van der Waals surface area contributed by atoms with Gasteiger partial charge < -0.3 is 14.5 Å². The highest BCUT2D eigenvalue weighted by molar-refractivity contribution is 7.99. The Kier molecular flexibility index (Phi) is 6.36. The van der Waals surface area contributed by atoms with Crippen LogP contribution in [0.3, 0.4) is 0 Å². The van der Waals surface area contributed by atoms with Gasteiger partial charge in [0.1, 0.15) is 5.82 Å². The molecule has 5 heteroatoms. The van der Waals surface area contributed by atoms with E-state index in [-0.39, 0.29) is 0 Å². The van der Waals surface area contributed by atoms with Crippen molar-refractivity contribution in [3.63, 3.8) is 0 Å². The van der Waals surface area contributed by atoms with E-state index in [9.17, 15) is 0 Å². The molecule has 0 bridgehead atoms. The summed E-state index contributed by atoms with van der Waals surface area (Å²) in [6, 6.07) is 35.0. The van der Waals surface area contributed by atoms with E-state index >= 15 is 0 Å². The van der Waals surface area contributed by atoms with Crippen LogP contribution in [-0.2, 0) is 0 Å². The van der Waals surface area contributed by atoms with Crippen LogP contribution in [0.25, 0.3) is 33.9 Å². The van der Waals surface area contributed by atoms with Crippen molar-refractivity contribution in [1.82, 2.24) is 9.97 Å². The minimum Gasteiger partial charge on any atom is -0.493 e. The Hall–Kier alpha value is -3.96. The Morgan fingerprint density at radius 1 is 0.618 bits per heavy atom. The molecule has 0 radical (unpaired) electrons. The number of aromatic amines is 1. The largest absolute Gasteiger partial charge is 0.493 e. The predicted molar refractivity (Wildman–Crippen MR) is 139 cm³/mol. The lowest BCUT2D eigenvalue weighted by Crippen LogP contribution is -1.91. The third-order valence-corrected chi connectivity index (χ3v) is 6.55. The van der Waals surface area contributed by atoms with Crippen LogP contribution < -0.4 is 9.47 Å². The van der Waals surface area contributed by atoms with Gasteiger partial charge in [-0.05, 0) is 42.5 Å². The van der Waals surface area contributed by atoms with Crippen LogP contribution in [0.15, 0.2) is 113 Å². The summed E-state index contributed by atoms with van der Waals surface area (Å²) in [6.45, 7) is 0. The van der Waals surface area contributed by atoms with Crippen LogP contribution >= 0.6 is 11.8 Å². The van der Waals surface area contributed by atoms with E-state index in [2.05, 4.69) is 65.6 Å². The van der Waals surface area contributed by atoms with Gasteiger partial charge in [0.2, 0.25) is 0 Å². The van der Waals surface area contributed by atoms with Gasteiger partial charge in [-0.3, -0.25) is 0 Å². The molecular weight excluding hydrogens is 440 g/mol. The minimum atomic E-state index is 0.668. The second-order valence-corrected chi connectivity index (χ2v) is 8.83. The first-order valence-corrected chi connectivity index (χ1v) is 11.8. The van der Waals surface area contributed by atoms with Crippen LogP contribution in [-0.4, -0.2) is 24.2 Å². The average Bonchev–Trinajstić information content (AvgIpc) is 3.35. The second-order valence-electron chi connectivity index (χ2n) is 7.68. The molecule has 5 aromatic rings. The van der Waals surface area contributed by atoms with E-state index in [0.29, 0.717) is 11.5 Å². The van der Waals surface area contributed by atoms with Gasteiger partial charge in [-0.1, -0.05) is 72.4 Å². The van der Waals surface area contributed by atoms with Crippen molar-refractivity contribution in [1.29, 1.82) is 0 Å². The highest BCUT2D eigenvalue weighted by Crippen LogP contribution is 2.37. The molecule has 0 aliphatic rings. The van der Waals surface area contributed by atoms with E-state index < -0.39 is 0 Å². The molecule has 34 heavy (non-hydrogen) atoms. The van der Waals surface area contributed by atoms with Crippen LogP contribution in [0.4, 0.5) is 0 Å². The molecule has 1 aromatic heterocycles. The maximum absolute atomic E-state index is 5.50. The summed E-state index contributed by atoms with van der Waals surface area (Å²) in [5.41, 5.74) is 4.96. The molecule has 4 nitrogen and oxygen atoms in total. The molecule has 0 aliphatic carbocycles. The summed E-state index contributed by atoms with van der Waals surface area (Å²) in [5, 5.41) is 0. The standard InChI is InChI=1S/C29H24N2O2S/c1-32-25-18-15-22(19-26(25)33-2)29-30-27(20-9-5-3-6-10-20)28(31-29)21-13-16-24(17-14-21)34-23-11-7-4-8-12-23/h3-19H,1-2H3,(H,30,31). The first kappa shape index (κ1) is 21.9. The first-order valence-electron chi connectivity index (χ1n) is 11.0. The van der Waals surface area contributed by atoms with E-state index in [0.717, 1.165) is 33.9 Å². The van der Waals surface area contributed by atoms with Gasteiger partial charge in [0.15, 0.2) is 11.5 Å². The van der Waals surface area contributed by atoms with Gasteiger partial charge >= 0.3 is 0 Å². The second kappa shape index (κ2) is 9.89. The fraction of sp³-hybridized carbons (Fsp3) is 0.0690. The number of methoxy groups -OCH3 is 2. The number of ether oxygens (including phenoxy) is 2. The number of hydrogen-bond acceptors (Lipinski definition) is 4. The van der Waals surface area contributed by atoms with E-state index in [1.807, 2.05) is 42.5 Å².